The van der Waals surface area contributed by atoms with E-state index in [1.807, 2.05) is 0 Å². The van der Waals surface area contributed by atoms with E-state index in [-0.39, 0.29) is 0 Å². The molecule has 0 amide bonds. The summed E-state index contributed by atoms with van der Waals surface area (Å²) in [6.07, 6.45) is 0. The van der Waals surface area contributed by atoms with Gasteiger partial charge in [0.25, 0.3) is 0 Å². The van der Waals surface area contributed by atoms with Gasteiger partial charge in [-0.2, -0.15) is 0 Å². The maximum atomic E-state index is 2.42. The van der Waals surface area contributed by atoms with Crippen molar-refractivity contribution in [3.05, 3.63) is 255 Å². The highest BCUT2D eigenvalue weighted by Gasteiger charge is 2.19. The van der Waals surface area contributed by atoms with Crippen LogP contribution in [0.2, 0.25) is 0 Å². The molecule has 74 heavy (non-hydrogen) atoms. The Hall–Kier alpha value is -9.64. The van der Waals surface area contributed by atoms with E-state index in [0.717, 1.165) is 0 Å². The van der Waals surface area contributed by atoms with Gasteiger partial charge in [0.1, 0.15) is 0 Å². The minimum absolute atomic E-state index is 1.18. The van der Waals surface area contributed by atoms with Gasteiger partial charge >= 0.3 is 0 Å². The van der Waals surface area contributed by atoms with Gasteiger partial charge in [0.2, 0.25) is 0 Å². The van der Waals surface area contributed by atoms with Crippen molar-refractivity contribution in [2.24, 2.45) is 14.1 Å². The Balaban J connectivity index is 0.000000131. The third-order valence-electron chi connectivity index (χ3n) is 15.8. The molecular formula is C70H48N4. The van der Waals surface area contributed by atoms with Crippen LogP contribution in [-0.4, -0.2) is 18.3 Å². The van der Waals surface area contributed by atoms with Crippen molar-refractivity contribution in [2.75, 3.05) is 0 Å². The molecule has 4 nitrogen and oxygen atoms in total. The molecule has 4 heterocycles. The second kappa shape index (κ2) is 16.5. The number of benzene rings is 12. The molecule has 0 aliphatic carbocycles. The first-order valence-electron chi connectivity index (χ1n) is 25.5. The molecule has 12 aromatic carbocycles. The summed E-state index contributed by atoms with van der Waals surface area (Å²) in [5.41, 5.74) is 17.3. The van der Waals surface area contributed by atoms with Crippen molar-refractivity contribution in [2.45, 2.75) is 0 Å². The number of fused-ring (bicyclic) bond motifs is 16. The molecule has 0 unspecified atom stereocenters. The SMILES string of the molecule is Cn1c2ccccc2c2cc(-c3ccc4c(c3)c3c5ccccc5ccc3n4-c3ccccc3)ccc21.Cn1c2ccccc2c2cc(-c3ccc4c(c3)c3ccc5ccccc5c3n4-c3ccccc3)ccc21. The summed E-state index contributed by atoms with van der Waals surface area (Å²) in [5, 5.41) is 15.5. The second-order valence-electron chi connectivity index (χ2n) is 19.8. The van der Waals surface area contributed by atoms with E-state index in [1.165, 1.54) is 142 Å². The first kappa shape index (κ1) is 42.1. The van der Waals surface area contributed by atoms with Gasteiger partial charge in [-0.25, -0.2) is 0 Å². The van der Waals surface area contributed by atoms with E-state index in [4.69, 9.17) is 0 Å². The average Bonchev–Trinajstić information content (AvgIpc) is 4.21. The molecule has 4 aromatic heterocycles. The highest BCUT2D eigenvalue weighted by Crippen LogP contribution is 2.42. The Morgan fingerprint density at radius 3 is 1.18 bits per heavy atom. The van der Waals surface area contributed by atoms with Gasteiger partial charge in [0.15, 0.2) is 0 Å². The maximum absolute atomic E-state index is 2.42. The lowest BCUT2D eigenvalue weighted by Crippen LogP contribution is -1.93. The summed E-state index contributed by atoms with van der Waals surface area (Å²) in [5.74, 6) is 0. The molecule has 0 fully saturated rings. The standard InChI is InChI=1S/2C35H24N2/c1-36-31-14-8-7-13-28(31)29-21-24(16-18-32(29)36)25-17-19-33-30(22-25)35-27-12-6-5-9-23(27)15-20-34(35)37(33)26-10-3-2-4-11-26;1-36-32-14-8-7-13-28(32)30-21-24(16-19-33(30)36)25-17-20-34-31(22-25)29-18-15-23-9-5-6-12-27(23)35(29)37(34)26-10-3-2-4-11-26/h2*2-22H,1H3. The van der Waals surface area contributed by atoms with E-state index >= 15 is 0 Å². The Morgan fingerprint density at radius 2 is 0.608 bits per heavy atom. The van der Waals surface area contributed by atoms with E-state index in [1.54, 1.807) is 0 Å². The molecule has 0 radical (unpaired) electrons. The summed E-state index contributed by atoms with van der Waals surface area (Å²) in [7, 11) is 4.30. The number of aromatic nitrogens is 4. The quantitative estimate of drug-likeness (QED) is 0.168. The largest absolute Gasteiger partial charge is 0.344 e. The molecule has 16 rings (SSSR count). The van der Waals surface area contributed by atoms with Crippen LogP contribution < -0.4 is 0 Å². The number of hydrogen-bond acceptors (Lipinski definition) is 0. The van der Waals surface area contributed by atoms with Crippen molar-refractivity contribution in [1.82, 2.24) is 18.3 Å². The minimum atomic E-state index is 1.18. The van der Waals surface area contributed by atoms with Gasteiger partial charge in [-0.15, -0.1) is 0 Å². The highest BCUT2D eigenvalue weighted by molar-refractivity contribution is 6.23. The average molecular weight is 945 g/mol. The smallest absolute Gasteiger partial charge is 0.0619 e. The Kier molecular flexibility index (Phi) is 9.36. The Morgan fingerprint density at radius 1 is 0.230 bits per heavy atom. The van der Waals surface area contributed by atoms with E-state index in [0.29, 0.717) is 0 Å². The van der Waals surface area contributed by atoms with Crippen LogP contribution in [-0.2, 0) is 14.1 Å². The van der Waals surface area contributed by atoms with Gasteiger partial charge < -0.3 is 18.3 Å². The second-order valence-corrected chi connectivity index (χ2v) is 19.8. The number of para-hydroxylation sites is 4. The van der Waals surface area contributed by atoms with Crippen molar-refractivity contribution >= 4 is 109 Å². The van der Waals surface area contributed by atoms with Crippen LogP contribution in [0.15, 0.2) is 255 Å². The van der Waals surface area contributed by atoms with Gasteiger partial charge in [0, 0.05) is 96.0 Å². The fourth-order valence-electron chi connectivity index (χ4n) is 12.3. The zero-order chi connectivity index (χ0) is 49.0. The number of hydrogen-bond donors (Lipinski definition) is 0. The maximum Gasteiger partial charge on any atom is 0.0619 e. The monoisotopic (exact) mass is 944 g/mol. The van der Waals surface area contributed by atoms with Crippen molar-refractivity contribution in [3.63, 3.8) is 0 Å². The van der Waals surface area contributed by atoms with Crippen molar-refractivity contribution in [1.29, 1.82) is 0 Å². The molecular weight excluding hydrogens is 897 g/mol. The fourth-order valence-corrected chi connectivity index (χ4v) is 12.3. The van der Waals surface area contributed by atoms with Crippen LogP contribution in [0, 0.1) is 0 Å². The first-order valence-corrected chi connectivity index (χ1v) is 25.5. The third kappa shape index (κ3) is 6.35. The predicted molar refractivity (Wildman–Crippen MR) is 315 cm³/mol. The minimum Gasteiger partial charge on any atom is -0.344 e. The van der Waals surface area contributed by atoms with E-state index < -0.39 is 0 Å². The molecule has 0 N–H and O–H groups in total. The lowest BCUT2D eigenvalue weighted by molar-refractivity contribution is 1.01. The van der Waals surface area contributed by atoms with E-state index in [9.17, 15) is 0 Å². The van der Waals surface area contributed by atoms with Crippen LogP contribution in [0.3, 0.4) is 0 Å². The number of aryl methyl sites for hydroxylation is 2. The first-order chi connectivity index (χ1) is 36.6. The van der Waals surface area contributed by atoms with Crippen LogP contribution in [0.5, 0.6) is 0 Å². The van der Waals surface area contributed by atoms with Crippen LogP contribution in [0.25, 0.3) is 142 Å². The van der Waals surface area contributed by atoms with Gasteiger partial charge in [-0.1, -0.05) is 164 Å². The molecule has 348 valence electrons. The summed E-state index contributed by atoms with van der Waals surface area (Å²) >= 11 is 0. The zero-order valence-corrected chi connectivity index (χ0v) is 41.0. The lowest BCUT2D eigenvalue weighted by atomic mass is 9.99. The zero-order valence-electron chi connectivity index (χ0n) is 41.0. The molecule has 16 aromatic rings. The van der Waals surface area contributed by atoms with Gasteiger partial charge in [0.05, 0.1) is 22.1 Å². The fraction of sp³-hybridized carbons (Fsp3) is 0.0286. The predicted octanol–water partition coefficient (Wildman–Crippen LogP) is 18.5. The molecule has 0 saturated carbocycles. The topological polar surface area (TPSA) is 19.7 Å². The number of rotatable bonds is 4. The Labute approximate surface area is 427 Å². The molecule has 0 bridgehead atoms. The molecule has 0 atom stereocenters. The van der Waals surface area contributed by atoms with Crippen LogP contribution in [0.1, 0.15) is 0 Å². The summed E-state index contributed by atoms with van der Waals surface area (Å²) in [6.45, 7) is 0. The highest BCUT2D eigenvalue weighted by atomic mass is 15.0. The molecule has 0 aliphatic rings. The van der Waals surface area contributed by atoms with Crippen LogP contribution >= 0.6 is 0 Å². The van der Waals surface area contributed by atoms with Crippen molar-refractivity contribution < 1.29 is 0 Å². The third-order valence-corrected chi connectivity index (χ3v) is 15.8. The molecule has 0 aliphatic heterocycles. The van der Waals surface area contributed by atoms with Gasteiger partial charge in [-0.3, -0.25) is 0 Å². The molecule has 0 saturated heterocycles. The summed E-state index contributed by atoms with van der Waals surface area (Å²) < 4.78 is 9.40. The lowest BCUT2D eigenvalue weighted by Gasteiger charge is -2.10. The molecule has 4 heteroatoms. The summed E-state index contributed by atoms with van der Waals surface area (Å²) in [4.78, 5) is 0. The van der Waals surface area contributed by atoms with Gasteiger partial charge in [-0.05, 0) is 129 Å². The molecule has 0 spiro atoms. The summed E-state index contributed by atoms with van der Waals surface area (Å²) in [6, 6.07) is 92.8. The number of nitrogens with zero attached hydrogens (tertiary/aromatic N) is 4. The van der Waals surface area contributed by atoms with Crippen molar-refractivity contribution in [3.8, 4) is 33.6 Å². The van der Waals surface area contributed by atoms with Crippen LogP contribution in [0.4, 0.5) is 0 Å². The normalized spacial score (nSPS) is 11.9. The van der Waals surface area contributed by atoms with E-state index in [2.05, 4.69) is 287 Å². The Bertz CT molecular complexity index is 4900.